The van der Waals surface area contributed by atoms with Crippen LogP contribution in [0.1, 0.15) is 12.5 Å². The normalized spacial score (nSPS) is 40.1. The maximum Gasteiger partial charge on any atom is 0.335 e. The van der Waals surface area contributed by atoms with Crippen LogP contribution in [0.2, 0.25) is 0 Å². The maximum absolute atomic E-state index is 14.1. The van der Waals surface area contributed by atoms with Crippen molar-refractivity contribution in [3.63, 3.8) is 0 Å². The fourth-order valence-corrected chi connectivity index (χ4v) is 3.02. The highest BCUT2D eigenvalue weighted by Gasteiger charge is 2.43. The standard InChI is InChI=1S/C14H19FN2O10/c15-4-1-16(12-9(22)7(20)5(18)2-26-12)14(25)17(11(4)24)13-10(23)8(21)6(19)3-27-13/h1,5-10,12-13,18-23H,2-3H2/t5-,6-,7-,8-,9-,10-,12-,13-/m1/s1. The van der Waals surface area contributed by atoms with Gasteiger partial charge in [0.05, 0.1) is 19.4 Å². The van der Waals surface area contributed by atoms with Crippen LogP contribution >= 0.6 is 0 Å². The molecular formula is C14H19FN2O10. The number of aliphatic hydroxyl groups is 6. The summed E-state index contributed by atoms with van der Waals surface area (Å²) in [7, 11) is 0. The molecule has 0 radical (unpaired) electrons. The van der Waals surface area contributed by atoms with E-state index in [4.69, 9.17) is 9.47 Å². The zero-order valence-corrected chi connectivity index (χ0v) is 13.7. The fourth-order valence-electron chi connectivity index (χ4n) is 3.02. The van der Waals surface area contributed by atoms with E-state index in [0.717, 1.165) is 0 Å². The van der Waals surface area contributed by atoms with E-state index >= 15 is 0 Å². The summed E-state index contributed by atoms with van der Waals surface area (Å²) in [6, 6.07) is 0. The number of halogens is 1. The van der Waals surface area contributed by atoms with Gasteiger partial charge in [0.15, 0.2) is 12.5 Å². The van der Waals surface area contributed by atoms with Crippen LogP contribution in [0.3, 0.4) is 0 Å². The number of nitrogens with zero attached hydrogens (tertiary/aromatic N) is 2. The van der Waals surface area contributed by atoms with E-state index in [1.54, 1.807) is 0 Å². The van der Waals surface area contributed by atoms with E-state index in [9.17, 15) is 44.6 Å². The van der Waals surface area contributed by atoms with E-state index in [-0.39, 0.29) is 4.57 Å². The number of ether oxygens (including phenoxy) is 2. The van der Waals surface area contributed by atoms with Crippen molar-refractivity contribution in [2.24, 2.45) is 0 Å². The van der Waals surface area contributed by atoms with Gasteiger partial charge in [-0.05, 0) is 0 Å². The summed E-state index contributed by atoms with van der Waals surface area (Å²) in [5, 5.41) is 58.4. The molecule has 0 aliphatic carbocycles. The highest BCUT2D eigenvalue weighted by Crippen LogP contribution is 2.25. The zero-order valence-electron chi connectivity index (χ0n) is 13.7. The fraction of sp³-hybridized carbons (Fsp3) is 0.714. The first-order valence-corrected chi connectivity index (χ1v) is 8.00. The molecule has 0 saturated carbocycles. The van der Waals surface area contributed by atoms with Gasteiger partial charge in [0.25, 0.3) is 5.56 Å². The van der Waals surface area contributed by atoms with Crippen LogP contribution in [0.4, 0.5) is 4.39 Å². The minimum Gasteiger partial charge on any atom is -0.388 e. The average molecular weight is 394 g/mol. The minimum atomic E-state index is -1.93. The lowest BCUT2D eigenvalue weighted by atomic mass is 10.0. The van der Waals surface area contributed by atoms with Gasteiger partial charge >= 0.3 is 5.69 Å². The second kappa shape index (κ2) is 7.37. The molecule has 152 valence electrons. The highest BCUT2D eigenvalue weighted by molar-refractivity contribution is 4.98. The van der Waals surface area contributed by atoms with E-state index < -0.39 is 79.4 Å². The lowest BCUT2D eigenvalue weighted by molar-refractivity contribution is -0.219. The molecule has 2 aliphatic heterocycles. The van der Waals surface area contributed by atoms with Crippen molar-refractivity contribution >= 4 is 0 Å². The largest absolute Gasteiger partial charge is 0.388 e. The summed E-state index contributed by atoms with van der Waals surface area (Å²) >= 11 is 0. The van der Waals surface area contributed by atoms with Crippen molar-refractivity contribution in [1.29, 1.82) is 0 Å². The molecule has 1 aromatic heterocycles. The van der Waals surface area contributed by atoms with Gasteiger partial charge in [0.2, 0.25) is 5.82 Å². The maximum atomic E-state index is 14.1. The Labute approximate surface area is 149 Å². The number of hydrogen-bond acceptors (Lipinski definition) is 10. The monoisotopic (exact) mass is 394 g/mol. The molecule has 27 heavy (non-hydrogen) atoms. The number of aromatic nitrogens is 2. The molecule has 13 heteroatoms. The van der Waals surface area contributed by atoms with Crippen LogP contribution in [-0.2, 0) is 9.47 Å². The molecule has 0 spiro atoms. The zero-order chi connectivity index (χ0) is 20.0. The Morgan fingerprint density at radius 1 is 0.852 bits per heavy atom. The summed E-state index contributed by atoms with van der Waals surface area (Å²) in [6.45, 7) is -1.03. The lowest BCUT2D eigenvalue weighted by Gasteiger charge is -2.37. The summed E-state index contributed by atoms with van der Waals surface area (Å²) < 4.78 is 24.9. The molecule has 1 aromatic rings. The second-order valence-electron chi connectivity index (χ2n) is 6.39. The quantitative estimate of drug-likeness (QED) is 0.285. The minimum absolute atomic E-state index is 0.169. The number of hydrogen-bond donors (Lipinski definition) is 6. The predicted molar refractivity (Wildman–Crippen MR) is 80.9 cm³/mol. The van der Waals surface area contributed by atoms with Crippen molar-refractivity contribution in [3.8, 4) is 0 Å². The molecule has 0 bridgehead atoms. The number of rotatable bonds is 2. The summed E-state index contributed by atoms with van der Waals surface area (Å²) in [4.78, 5) is 24.8. The van der Waals surface area contributed by atoms with Crippen LogP contribution in [0.5, 0.6) is 0 Å². The molecule has 3 heterocycles. The summed E-state index contributed by atoms with van der Waals surface area (Å²) in [6.07, 6.45) is -13.2. The molecule has 2 aliphatic rings. The van der Waals surface area contributed by atoms with Crippen molar-refractivity contribution in [3.05, 3.63) is 32.9 Å². The lowest BCUT2D eigenvalue weighted by Crippen LogP contribution is -2.58. The van der Waals surface area contributed by atoms with Gasteiger partial charge in [0.1, 0.15) is 36.6 Å². The molecule has 8 atom stereocenters. The molecular weight excluding hydrogens is 375 g/mol. The molecule has 6 N–H and O–H groups in total. The Balaban J connectivity index is 2.07. The van der Waals surface area contributed by atoms with Gasteiger partial charge in [-0.1, -0.05) is 0 Å². The molecule has 0 unspecified atom stereocenters. The van der Waals surface area contributed by atoms with Crippen LogP contribution in [-0.4, -0.2) is 89.6 Å². The third kappa shape index (κ3) is 3.32. The summed E-state index contributed by atoms with van der Waals surface area (Å²) in [5.74, 6) is -1.47. The van der Waals surface area contributed by atoms with E-state index in [1.807, 2.05) is 0 Å². The molecule has 3 rings (SSSR count). The van der Waals surface area contributed by atoms with Crippen molar-refractivity contribution in [1.82, 2.24) is 9.13 Å². The van der Waals surface area contributed by atoms with Gasteiger partial charge < -0.3 is 40.1 Å². The smallest absolute Gasteiger partial charge is 0.335 e. The van der Waals surface area contributed by atoms with Crippen LogP contribution in [0.15, 0.2) is 15.8 Å². The predicted octanol–water partition coefficient (Wildman–Crippen LogP) is -4.63. The van der Waals surface area contributed by atoms with Gasteiger partial charge in [-0.3, -0.25) is 9.36 Å². The van der Waals surface area contributed by atoms with Gasteiger partial charge in [0, 0.05) is 0 Å². The highest BCUT2D eigenvalue weighted by atomic mass is 19.1. The Bertz CT molecular complexity index is 812. The van der Waals surface area contributed by atoms with Crippen molar-refractivity contribution in [2.45, 2.75) is 49.1 Å². The third-order valence-corrected chi connectivity index (χ3v) is 4.58. The Morgan fingerprint density at radius 3 is 1.89 bits per heavy atom. The average Bonchev–Trinajstić information content (AvgIpc) is 2.63. The van der Waals surface area contributed by atoms with E-state index in [1.165, 1.54) is 0 Å². The molecule has 2 fully saturated rings. The first-order chi connectivity index (χ1) is 12.6. The molecule has 0 aromatic carbocycles. The molecule has 0 amide bonds. The van der Waals surface area contributed by atoms with Gasteiger partial charge in [-0.15, -0.1) is 0 Å². The van der Waals surface area contributed by atoms with Crippen molar-refractivity contribution in [2.75, 3.05) is 13.2 Å². The first-order valence-electron chi connectivity index (χ1n) is 8.00. The topological polar surface area (TPSA) is 184 Å². The van der Waals surface area contributed by atoms with Crippen LogP contribution in [0, 0.1) is 5.82 Å². The van der Waals surface area contributed by atoms with Gasteiger partial charge in [-0.25, -0.2) is 9.36 Å². The van der Waals surface area contributed by atoms with E-state index in [0.29, 0.717) is 10.8 Å². The molecule has 12 nitrogen and oxygen atoms in total. The SMILES string of the molecule is O=c1c(F)cn([C@@H]2OC[C@@H](O)[C@@H](O)[C@H]2O)c(=O)n1[C@@H]1OC[C@@H](O)[C@@H](O)[C@H]1O. The molecule has 2 saturated heterocycles. The van der Waals surface area contributed by atoms with Crippen LogP contribution < -0.4 is 11.2 Å². The Kier molecular flexibility index (Phi) is 5.47. The van der Waals surface area contributed by atoms with Crippen molar-refractivity contribution < 1.29 is 44.5 Å². The van der Waals surface area contributed by atoms with Crippen LogP contribution in [0.25, 0.3) is 0 Å². The summed E-state index contributed by atoms with van der Waals surface area (Å²) in [5.41, 5.74) is -2.75. The first kappa shape index (κ1) is 20.0. The third-order valence-electron chi connectivity index (χ3n) is 4.58. The van der Waals surface area contributed by atoms with E-state index in [2.05, 4.69) is 0 Å². The second-order valence-corrected chi connectivity index (χ2v) is 6.39. The number of aliphatic hydroxyl groups excluding tert-OH is 6. The Morgan fingerprint density at radius 2 is 1.33 bits per heavy atom. The Hall–Kier alpha value is -1.71. The van der Waals surface area contributed by atoms with Gasteiger partial charge in [-0.2, -0.15) is 4.39 Å².